The van der Waals surface area contributed by atoms with Crippen molar-refractivity contribution in [2.45, 2.75) is 33.1 Å². The van der Waals surface area contributed by atoms with Gasteiger partial charge in [-0.05, 0) is 29.0 Å². The first-order valence-corrected chi connectivity index (χ1v) is 16.3. The van der Waals surface area contributed by atoms with Gasteiger partial charge < -0.3 is 0 Å². The van der Waals surface area contributed by atoms with Crippen LogP contribution in [0, 0.1) is 0 Å². The monoisotopic (exact) mass is 497 g/mol. The maximum atomic E-state index is 4.93. The van der Waals surface area contributed by atoms with E-state index in [2.05, 4.69) is 99.6 Å². The first-order chi connectivity index (χ1) is 14.1. The zero-order valence-corrected chi connectivity index (χ0v) is 21.0. The fourth-order valence-corrected chi connectivity index (χ4v) is 3.96. The molecule has 4 rings (SSSR count). The number of fused-ring (bicyclic) bond motifs is 1. The molecule has 29 heavy (non-hydrogen) atoms. The van der Waals surface area contributed by atoms with Crippen LogP contribution in [0.15, 0.2) is 78.9 Å². The molecule has 0 heterocycles. The van der Waals surface area contributed by atoms with E-state index in [0.29, 0.717) is 5.92 Å². The van der Waals surface area contributed by atoms with Crippen LogP contribution in [0.1, 0.15) is 37.8 Å². The zero-order chi connectivity index (χ0) is 20.8. The van der Waals surface area contributed by atoms with Crippen LogP contribution in [0.4, 0.5) is 0 Å². The topological polar surface area (TPSA) is 0 Å². The van der Waals surface area contributed by atoms with Crippen LogP contribution in [0.3, 0.4) is 0 Å². The van der Waals surface area contributed by atoms with E-state index in [1.165, 1.54) is 44.2 Å². The molecule has 148 valence electrons. The summed E-state index contributed by atoms with van der Waals surface area (Å²) in [5.74, 6) is 0.509. The van der Waals surface area contributed by atoms with Crippen molar-refractivity contribution in [3.63, 3.8) is 0 Å². The third kappa shape index (κ3) is 5.08. The molecule has 0 aliphatic carbocycles. The summed E-state index contributed by atoms with van der Waals surface area (Å²) in [6.45, 7) is 6.82. The van der Waals surface area contributed by atoms with Gasteiger partial charge in [0.2, 0.25) is 0 Å². The van der Waals surface area contributed by atoms with Crippen LogP contribution < -0.4 is 0 Å². The summed E-state index contributed by atoms with van der Waals surface area (Å²) in [4.78, 5) is 0. The van der Waals surface area contributed by atoms with Crippen molar-refractivity contribution < 1.29 is 20.8 Å². The second-order valence-electron chi connectivity index (χ2n) is 7.38. The SMILES string of the molecule is CCc1ccc2[cH-]c(-c3ccccc3)cc2c1-c1ccccc1C(C)C.[Cl][Zr][Cl]. The Bertz CT molecular complexity index is 1060. The van der Waals surface area contributed by atoms with Crippen molar-refractivity contribution in [1.82, 2.24) is 0 Å². The van der Waals surface area contributed by atoms with Gasteiger partial charge in [-0.15, -0.1) is 34.5 Å². The first kappa shape index (κ1) is 22.4. The van der Waals surface area contributed by atoms with E-state index in [9.17, 15) is 0 Å². The predicted octanol–water partition coefficient (Wildman–Crippen LogP) is 8.95. The van der Waals surface area contributed by atoms with E-state index in [1.54, 1.807) is 0 Å². The van der Waals surface area contributed by atoms with E-state index in [4.69, 9.17) is 17.0 Å². The first-order valence-electron chi connectivity index (χ1n) is 9.94. The van der Waals surface area contributed by atoms with E-state index in [0.717, 1.165) is 6.42 Å². The van der Waals surface area contributed by atoms with E-state index in [-0.39, 0.29) is 0 Å². The average molecular weight is 500 g/mol. The van der Waals surface area contributed by atoms with Gasteiger partial charge in [0.1, 0.15) is 0 Å². The second kappa shape index (κ2) is 10.7. The number of aryl methyl sites for hydroxylation is 1. The van der Waals surface area contributed by atoms with Gasteiger partial charge in [0, 0.05) is 0 Å². The number of hydrogen-bond donors (Lipinski definition) is 0. The molecule has 0 spiro atoms. The van der Waals surface area contributed by atoms with Gasteiger partial charge in [-0.25, -0.2) is 0 Å². The number of halogens is 2. The Hall–Kier alpha value is -1.27. The van der Waals surface area contributed by atoms with Crippen LogP contribution in [0.2, 0.25) is 0 Å². The molecular formula is C26H25Cl2Zr-. The molecule has 4 aromatic rings. The van der Waals surface area contributed by atoms with Gasteiger partial charge in [-0.1, -0.05) is 92.6 Å². The Kier molecular flexibility index (Phi) is 8.25. The molecule has 0 aromatic heterocycles. The molecule has 0 atom stereocenters. The maximum absolute atomic E-state index is 4.93. The van der Waals surface area contributed by atoms with E-state index < -0.39 is 20.8 Å². The Morgan fingerprint density at radius 2 is 1.55 bits per heavy atom. The summed E-state index contributed by atoms with van der Waals surface area (Å²) in [7, 11) is 9.87. The number of rotatable bonds is 4. The molecule has 0 nitrogen and oxygen atoms in total. The molecule has 0 amide bonds. The van der Waals surface area contributed by atoms with Crippen LogP contribution in [-0.4, -0.2) is 0 Å². The van der Waals surface area contributed by atoms with Gasteiger partial charge in [-0.2, -0.15) is 0 Å². The average Bonchev–Trinajstić information content (AvgIpc) is 3.18. The van der Waals surface area contributed by atoms with Crippen molar-refractivity contribution in [3.05, 3.63) is 90.0 Å². The van der Waals surface area contributed by atoms with E-state index >= 15 is 0 Å². The summed E-state index contributed by atoms with van der Waals surface area (Å²) in [5, 5.41) is 2.70. The molecule has 0 bridgehead atoms. The minimum atomic E-state index is -0.826. The fourth-order valence-electron chi connectivity index (χ4n) is 3.96. The number of benzene rings is 3. The molecule has 0 aliphatic rings. The normalized spacial score (nSPS) is 10.7. The summed E-state index contributed by atoms with van der Waals surface area (Å²) in [6, 6.07) is 28.9. The molecule has 0 radical (unpaired) electrons. The molecule has 0 saturated heterocycles. The molecule has 0 aliphatic heterocycles. The zero-order valence-electron chi connectivity index (χ0n) is 17.0. The van der Waals surface area contributed by atoms with Crippen LogP contribution in [0.5, 0.6) is 0 Å². The third-order valence-corrected chi connectivity index (χ3v) is 5.32. The molecule has 0 fully saturated rings. The Morgan fingerprint density at radius 1 is 0.897 bits per heavy atom. The standard InChI is InChI=1S/C26H25.2ClH.Zr/c1-4-19-14-15-21-16-22(20-10-6-5-7-11-20)17-25(21)26(19)24-13-9-8-12-23(24)18(2)3;;;/h5-18H,4H2,1-3H3;2*1H;/q-1;;;+2/p-2. The minimum absolute atomic E-state index is 0.509. The summed E-state index contributed by atoms with van der Waals surface area (Å²) < 4.78 is 0. The molecular weight excluding hydrogens is 474 g/mol. The van der Waals surface area contributed by atoms with Crippen molar-refractivity contribution in [2.24, 2.45) is 0 Å². The Morgan fingerprint density at radius 3 is 2.21 bits per heavy atom. The quantitative estimate of drug-likeness (QED) is 0.246. The van der Waals surface area contributed by atoms with Gasteiger partial charge in [-0.3, -0.25) is 0 Å². The van der Waals surface area contributed by atoms with E-state index in [1.807, 2.05) is 0 Å². The van der Waals surface area contributed by atoms with Crippen molar-refractivity contribution in [1.29, 1.82) is 0 Å². The van der Waals surface area contributed by atoms with Crippen molar-refractivity contribution in [2.75, 3.05) is 0 Å². The van der Waals surface area contributed by atoms with Crippen LogP contribution >= 0.6 is 17.0 Å². The molecule has 0 unspecified atom stereocenters. The summed E-state index contributed by atoms with van der Waals surface area (Å²) >= 11 is -0.826. The van der Waals surface area contributed by atoms with Crippen molar-refractivity contribution >= 4 is 27.8 Å². The molecule has 0 saturated carbocycles. The summed E-state index contributed by atoms with van der Waals surface area (Å²) in [6.07, 6.45) is 1.05. The van der Waals surface area contributed by atoms with Crippen molar-refractivity contribution in [3.8, 4) is 22.3 Å². The summed E-state index contributed by atoms with van der Waals surface area (Å²) in [5.41, 5.74) is 8.24. The molecule has 4 aromatic carbocycles. The fraction of sp³-hybridized carbons (Fsp3) is 0.192. The van der Waals surface area contributed by atoms with Gasteiger partial charge in [0.25, 0.3) is 0 Å². The Labute approximate surface area is 192 Å². The van der Waals surface area contributed by atoms with Gasteiger partial charge in [0.05, 0.1) is 0 Å². The van der Waals surface area contributed by atoms with Gasteiger partial charge in [0.15, 0.2) is 0 Å². The van der Waals surface area contributed by atoms with Crippen LogP contribution in [-0.2, 0) is 27.3 Å². The Balaban J connectivity index is 0.000000755. The number of hydrogen-bond acceptors (Lipinski definition) is 0. The third-order valence-electron chi connectivity index (χ3n) is 5.32. The van der Waals surface area contributed by atoms with Gasteiger partial charge >= 0.3 is 37.9 Å². The second-order valence-corrected chi connectivity index (χ2v) is 11.1. The molecule has 3 heteroatoms. The predicted molar refractivity (Wildman–Crippen MR) is 126 cm³/mol. The molecule has 0 N–H and O–H groups in total. The van der Waals surface area contributed by atoms with Crippen LogP contribution in [0.25, 0.3) is 33.0 Å².